The largest absolute Gasteiger partial charge is 0.508 e. The number of carboxylic acids is 2. The SMILES string of the molecule is CCC(C)C(NC(=O)C(N)Cc1ccc(O)cc1)C(=O)NC(C(=O)NC(CCCCN)C(=O)NCC(=O)NC(CC(C)C)C(=O)NC(Cc1ccccc1)C(=O)NC(Cc1c[nH]c2ccccc12)C(=O)NC(CC(=O)O)C(=O)N1CCCC1C(=O)NC(C)C(=O)NC(CS)C(=O)O)C(C)CC. The van der Waals surface area contributed by atoms with Gasteiger partial charge in [-0.3, -0.25) is 57.5 Å². The average Bonchev–Trinajstić information content (AvgIpc) is 1.72. The van der Waals surface area contributed by atoms with Gasteiger partial charge >= 0.3 is 11.9 Å². The Balaban J connectivity index is 1.34. The molecule has 1 aliphatic rings. The van der Waals surface area contributed by atoms with Crippen LogP contribution in [-0.2, 0) is 81.6 Å². The van der Waals surface area contributed by atoms with E-state index in [-0.39, 0.29) is 75.5 Å². The van der Waals surface area contributed by atoms with E-state index in [1.807, 2.05) is 13.8 Å². The Hall–Kier alpha value is -9.62. The second-order valence-electron chi connectivity index (χ2n) is 26.1. The van der Waals surface area contributed by atoms with Crippen LogP contribution >= 0.6 is 12.6 Å². The van der Waals surface area contributed by atoms with Crippen molar-refractivity contribution in [3.8, 4) is 5.75 Å². The van der Waals surface area contributed by atoms with Gasteiger partial charge in [-0.1, -0.05) is 115 Å². The molecule has 0 bridgehead atoms. The van der Waals surface area contributed by atoms with Gasteiger partial charge in [0.15, 0.2) is 0 Å². The van der Waals surface area contributed by atoms with E-state index < -0.39 is 168 Å². The number of likely N-dealkylation sites (tertiary alicyclic amines) is 1. The van der Waals surface area contributed by atoms with Crippen molar-refractivity contribution < 1.29 is 77.6 Å². The van der Waals surface area contributed by atoms with Crippen LogP contribution in [0.5, 0.6) is 5.75 Å². The number of carboxylic acid groups (broad SMARTS) is 2. The minimum Gasteiger partial charge on any atom is -0.508 e. The summed E-state index contributed by atoms with van der Waals surface area (Å²) in [6, 6.07) is 7.03. The molecule has 13 atom stereocenters. The number of aromatic hydroxyl groups is 1. The lowest BCUT2D eigenvalue weighted by atomic mass is 9.94. The van der Waals surface area contributed by atoms with Crippen molar-refractivity contribution in [3.63, 3.8) is 0 Å². The zero-order valence-electron chi connectivity index (χ0n) is 58.2. The first-order valence-corrected chi connectivity index (χ1v) is 34.8. The van der Waals surface area contributed by atoms with E-state index in [1.165, 1.54) is 19.1 Å². The summed E-state index contributed by atoms with van der Waals surface area (Å²) < 4.78 is 0. The van der Waals surface area contributed by atoms with Crippen LogP contribution in [0.1, 0.15) is 123 Å². The first kappa shape index (κ1) is 82.1. The van der Waals surface area contributed by atoms with E-state index in [0.717, 1.165) is 4.90 Å². The normalized spacial score (nSPS) is 16.3. The Labute approximate surface area is 592 Å². The standard InChI is InChI=1S/C70H100N14O16S/c1-8-39(5)58(83-68(97)59(40(6)9-2)82-61(90)47(72)31-43-24-26-45(85)27-25-43)67(96)77-49(22-15-16-28-71)62(91)74-36-56(86)76-50(30-38(3)4)63(92)78-51(32-42-18-11-10-12-19-42)64(93)79-52(33-44-35-73-48-21-14-13-20-46(44)48)65(94)80-53(34-57(87)88)69(98)84-29-17-23-55(84)66(95)75-41(7)60(89)81-54(37-101)70(99)100/h10-14,18-21,24-27,35,38-41,47,49-55,58-59,73,85,101H,8-9,15-17,22-23,28-34,36-37,71-72H2,1-7H3,(H,74,91)(H,75,95)(H,76,86)(H,77,96)(H,78,92)(H,79,93)(H,80,94)(H,81,89)(H,82,90)(H,83,97)(H,87,88)(H,99,100). The van der Waals surface area contributed by atoms with Gasteiger partial charge in [0.2, 0.25) is 65.0 Å². The molecule has 0 radical (unpaired) electrons. The Kier molecular flexibility index (Phi) is 33.0. The second kappa shape index (κ2) is 40.6. The fourth-order valence-electron chi connectivity index (χ4n) is 11.5. The number of aliphatic carboxylic acids is 2. The number of fused-ring (bicyclic) bond motifs is 1. The van der Waals surface area contributed by atoms with Crippen LogP contribution in [0.4, 0.5) is 0 Å². The quantitative estimate of drug-likeness (QED) is 0.0212. The van der Waals surface area contributed by atoms with Crippen molar-refractivity contribution in [1.29, 1.82) is 0 Å². The van der Waals surface area contributed by atoms with Crippen LogP contribution in [-0.4, -0.2) is 194 Å². The Bertz CT molecular complexity index is 3500. The van der Waals surface area contributed by atoms with Gasteiger partial charge in [0.25, 0.3) is 0 Å². The summed E-state index contributed by atoms with van der Waals surface area (Å²) >= 11 is 3.95. The van der Waals surface area contributed by atoms with Gasteiger partial charge in [0.1, 0.15) is 66.2 Å². The third-order valence-electron chi connectivity index (χ3n) is 17.7. The highest BCUT2D eigenvalue weighted by Crippen LogP contribution is 2.23. The Morgan fingerprint density at radius 3 is 1.74 bits per heavy atom. The molecule has 18 N–H and O–H groups in total. The molecule has 30 nitrogen and oxygen atoms in total. The highest BCUT2D eigenvalue weighted by atomic mass is 32.1. The summed E-state index contributed by atoms with van der Waals surface area (Å²) in [5, 5.41) is 56.2. The molecule has 101 heavy (non-hydrogen) atoms. The second-order valence-corrected chi connectivity index (χ2v) is 26.4. The lowest BCUT2D eigenvalue weighted by Crippen LogP contribution is -2.61. The van der Waals surface area contributed by atoms with Crippen molar-refractivity contribution in [2.24, 2.45) is 29.2 Å². The number of carbonyl (C=O) groups is 13. The van der Waals surface area contributed by atoms with Gasteiger partial charge in [-0.15, -0.1) is 0 Å². The molecule has 31 heteroatoms. The summed E-state index contributed by atoms with van der Waals surface area (Å²) in [6.45, 7) is 11.5. The minimum atomic E-state index is -1.82. The molecule has 552 valence electrons. The maximum Gasteiger partial charge on any atom is 0.327 e. The predicted octanol–water partition coefficient (Wildman–Crippen LogP) is 0.475. The van der Waals surface area contributed by atoms with Crippen LogP contribution in [0.2, 0.25) is 0 Å². The number of aromatic amines is 1. The number of H-pyrrole nitrogens is 1. The van der Waals surface area contributed by atoms with Gasteiger partial charge in [-0.2, -0.15) is 12.6 Å². The maximum atomic E-state index is 15.0. The number of unbranched alkanes of at least 4 members (excludes halogenated alkanes) is 1. The van der Waals surface area contributed by atoms with Crippen molar-refractivity contribution >= 4 is 100 Å². The van der Waals surface area contributed by atoms with Crippen molar-refractivity contribution in [1.82, 2.24) is 63.1 Å². The number of phenolic OH excluding ortho intramolecular Hbond substituents is 1. The van der Waals surface area contributed by atoms with Gasteiger partial charge in [0.05, 0.1) is 19.0 Å². The number of aromatic nitrogens is 1. The smallest absolute Gasteiger partial charge is 0.327 e. The summed E-state index contributed by atoms with van der Waals surface area (Å²) in [6.07, 6.45) is 2.45. The molecule has 3 aromatic carbocycles. The predicted molar refractivity (Wildman–Crippen MR) is 378 cm³/mol. The maximum absolute atomic E-state index is 15.0. The molecule has 1 fully saturated rings. The van der Waals surface area contributed by atoms with E-state index >= 15 is 0 Å². The lowest BCUT2D eigenvalue weighted by molar-refractivity contribution is -0.146. The molecule has 4 aromatic rings. The van der Waals surface area contributed by atoms with E-state index in [4.69, 9.17) is 11.5 Å². The number of para-hydroxylation sites is 1. The van der Waals surface area contributed by atoms with Crippen molar-refractivity contribution in [2.75, 3.05) is 25.4 Å². The summed E-state index contributed by atoms with van der Waals surface area (Å²) in [4.78, 5) is 184. The number of amides is 11. The number of nitrogens with zero attached hydrogens (tertiary/aromatic N) is 1. The topological polar surface area (TPSA) is 474 Å². The summed E-state index contributed by atoms with van der Waals surface area (Å²) in [7, 11) is 0. The molecule has 13 unspecified atom stereocenters. The van der Waals surface area contributed by atoms with E-state index in [2.05, 4.69) is 70.8 Å². The number of carbonyl (C=O) groups excluding carboxylic acids is 11. The molecule has 0 spiro atoms. The third kappa shape index (κ3) is 25.5. The lowest BCUT2D eigenvalue weighted by Gasteiger charge is -2.30. The number of thiol groups is 1. The van der Waals surface area contributed by atoms with Gasteiger partial charge in [-0.05, 0) is 111 Å². The molecule has 11 amide bonds. The molecule has 0 aliphatic carbocycles. The minimum absolute atomic E-state index is 0.0159. The molecule has 2 heterocycles. The van der Waals surface area contributed by atoms with Crippen LogP contribution in [0.25, 0.3) is 10.9 Å². The molecule has 1 aliphatic heterocycles. The van der Waals surface area contributed by atoms with Crippen LogP contribution in [0.3, 0.4) is 0 Å². The zero-order valence-corrected chi connectivity index (χ0v) is 59.1. The zero-order chi connectivity index (χ0) is 74.6. The van der Waals surface area contributed by atoms with Gasteiger partial charge in [0, 0.05) is 42.2 Å². The number of rotatable bonds is 41. The van der Waals surface area contributed by atoms with E-state index in [9.17, 15) is 77.6 Å². The van der Waals surface area contributed by atoms with Crippen molar-refractivity contribution in [3.05, 3.63) is 102 Å². The molecule has 1 aromatic heterocycles. The molecule has 1 saturated heterocycles. The number of phenols is 1. The number of hydrogen-bond acceptors (Lipinski definition) is 17. The summed E-state index contributed by atoms with van der Waals surface area (Å²) in [5.74, 6) is -13.2. The van der Waals surface area contributed by atoms with Gasteiger partial charge < -0.3 is 89.8 Å². The molecular weight excluding hydrogens is 1320 g/mol. The summed E-state index contributed by atoms with van der Waals surface area (Å²) in [5.41, 5.74) is 14.5. The van der Waals surface area contributed by atoms with Crippen LogP contribution < -0.4 is 64.6 Å². The number of nitrogens with two attached hydrogens (primary N) is 2. The van der Waals surface area contributed by atoms with E-state index in [0.29, 0.717) is 53.3 Å². The third-order valence-corrected chi connectivity index (χ3v) is 18.1. The average molecular weight is 1430 g/mol. The molecule has 5 rings (SSSR count). The first-order valence-electron chi connectivity index (χ1n) is 34.2. The highest BCUT2D eigenvalue weighted by Gasteiger charge is 2.42. The first-order chi connectivity index (χ1) is 48.0. The molecular formula is C70H100N14O16S. The van der Waals surface area contributed by atoms with Gasteiger partial charge in [-0.25, -0.2) is 4.79 Å². The fraction of sp³-hybridized carbons (Fsp3) is 0.529. The highest BCUT2D eigenvalue weighted by molar-refractivity contribution is 7.80. The van der Waals surface area contributed by atoms with Crippen molar-refractivity contribution in [2.45, 2.75) is 192 Å². The number of nitrogens with one attached hydrogen (secondary N) is 11. The van der Waals surface area contributed by atoms with Crippen LogP contribution in [0, 0.1) is 17.8 Å². The Morgan fingerprint density at radius 1 is 0.594 bits per heavy atom. The monoisotopic (exact) mass is 1420 g/mol. The number of benzene rings is 3. The fourth-order valence-corrected chi connectivity index (χ4v) is 11.7. The van der Waals surface area contributed by atoms with Crippen LogP contribution in [0.15, 0.2) is 85.1 Å². The molecule has 0 saturated carbocycles. The number of hydrogen-bond donors (Lipinski definition) is 17. The Morgan fingerprint density at radius 2 is 1.15 bits per heavy atom. The van der Waals surface area contributed by atoms with E-state index in [1.54, 1.807) is 101 Å².